The zero-order valence-corrected chi connectivity index (χ0v) is 11.2. The number of halogens is 1. The molecule has 92 valence electrons. The van der Waals surface area contributed by atoms with Crippen LogP contribution in [-0.4, -0.2) is 21.9 Å². The van der Waals surface area contributed by atoms with E-state index in [2.05, 4.69) is 5.32 Å². The van der Waals surface area contributed by atoms with Gasteiger partial charge in [-0.2, -0.15) is 0 Å². The molecule has 1 aromatic carbocycles. The number of hydrogen-bond acceptors (Lipinski definition) is 3. The molecule has 1 saturated heterocycles. The van der Waals surface area contributed by atoms with Crippen molar-refractivity contribution < 1.29 is 9.90 Å². The van der Waals surface area contributed by atoms with Gasteiger partial charge in [0.05, 0.1) is 5.37 Å². The van der Waals surface area contributed by atoms with E-state index in [-0.39, 0.29) is 10.1 Å². The van der Waals surface area contributed by atoms with E-state index >= 15 is 0 Å². The van der Waals surface area contributed by atoms with Gasteiger partial charge in [-0.15, -0.1) is 11.8 Å². The molecule has 1 fully saturated rings. The molecular formula is C12H14ClNO2S. The van der Waals surface area contributed by atoms with Gasteiger partial charge in [-0.3, -0.25) is 10.1 Å². The van der Waals surface area contributed by atoms with Crippen molar-refractivity contribution in [2.45, 2.75) is 30.0 Å². The maximum Gasteiger partial charge on any atom is 0.322 e. The molecule has 0 amide bonds. The minimum atomic E-state index is -0.813. The van der Waals surface area contributed by atoms with Crippen LogP contribution in [-0.2, 0) is 4.79 Å². The molecular weight excluding hydrogens is 258 g/mol. The highest BCUT2D eigenvalue weighted by molar-refractivity contribution is 8.01. The van der Waals surface area contributed by atoms with Gasteiger partial charge in [-0.05, 0) is 31.5 Å². The summed E-state index contributed by atoms with van der Waals surface area (Å²) in [6.07, 6.45) is 0. The second kappa shape index (κ2) is 4.52. The van der Waals surface area contributed by atoms with Crippen LogP contribution in [0.3, 0.4) is 0 Å². The van der Waals surface area contributed by atoms with Crippen LogP contribution in [0.15, 0.2) is 24.3 Å². The average Bonchev–Trinajstić information content (AvgIpc) is 2.54. The number of carbonyl (C=O) groups is 1. The SMILES string of the molecule is CC1(C)SC(c2cccc(Cl)c2)N[C@H]1C(=O)O. The monoisotopic (exact) mass is 271 g/mol. The molecule has 1 heterocycles. The summed E-state index contributed by atoms with van der Waals surface area (Å²) in [4.78, 5) is 11.2. The Morgan fingerprint density at radius 2 is 2.24 bits per heavy atom. The maximum absolute atomic E-state index is 11.2. The lowest BCUT2D eigenvalue weighted by Crippen LogP contribution is -2.43. The van der Waals surface area contributed by atoms with Crippen LogP contribution >= 0.6 is 23.4 Å². The summed E-state index contributed by atoms with van der Waals surface area (Å²) in [5.41, 5.74) is 1.01. The van der Waals surface area contributed by atoms with Gasteiger partial charge in [0.1, 0.15) is 6.04 Å². The average molecular weight is 272 g/mol. The number of nitrogens with one attached hydrogen (secondary N) is 1. The molecule has 0 spiro atoms. The van der Waals surface area contributed by atoms with Crippen molar-refractivity contribution in [1.82, 2.24) is 5.32 Å². The molecule has 2 N–H and O–H groups in total. The van der Waals surface area contributed by atoms with Crippen LogP contribution in [0.2, 0.25) is 5.02 Å². The highest BCUT2D eigenvalue weighted by Crippen LogP contribution is 2.45. The fourth-order valence-corrected chi connectivity index (χ4v) is 3.56. The van der Waals surface area contributed by atoms with Crippen LogP contribution in [0.5, 0.6) is 0 Å². The molecule has 0 aliphatic carbocycles. The third kappa shape index (κ3) is 2.59. The zero-order valence-electron chi connectivity index (χ0n) is 9.61. The fourth-order valence-electron chi connectivity index (χ4n) is 1.96. The predicted octanol–water partition coefficient (Wildman–Crippen LogP) is 2.91. The smallest absolute Gasteiger partial charge is 0.322 e. The first-order chi connectivity index (χ1) is 7.90. The van der Waals surface area contributed by atoms with Crippen molar-refractivity contribution in [2.75, 3.05) is 0 Å². The van der Waals surface area contributed by atoms with E-state index < -0.39 is 12.0 Å². The second-order valence-electron chi connectivity index (χ2n) is 4.59. The van der Waals surface area contributed by atoms with Crippen LogP contribution < -0.4 is 5.32 Å². The Bertz CT molecular complexity index is 450. The molecule has 1 unspecified atom stereocenters. The van der Waals surface area contributed by atoms with Gasteiger partial charge in [0, 0.05) is 9.77 Å². The fraction of sp³-hybridized carbons (Fsp3) is 0.417. The molecule has 1 aromatic rings. The summed E-state index contributed by atoms with van der Waals surface area (Å²) in [6, 6.07) is 6.96. The highest BCUT2D eigenvalue weighted by Gasteiger charge is 2.45. The van der Waals surface area contributed by atoms with Crippen LogP contribution in [0.25, 0.3) is 0 Å². The Hall–Kier alpha value is -0.710. The number of hydrogen-bond donors (Lipinski definition) is 2. The Morgan fingerprint density at radius 1 is 1.53 bits per heavy atom. The van der Waals surface area contributed by atoms with Crippen molar-refractivity contribution in [3.8, 4) is 0 Å². The second-order valence-corrected chi connectivity index (χ2v) is 6.79. The van der Waals surface area contributed by atoms with Gasteiger partial charge in [0.2, 0.25) is 0 Å². The molecule has 1 aliphatic heterocycles. The lowest BCUT2D eigenvalue weighted by molar-refractivity contribution is -0.139. The Balaban J connectivity index is 2.24. The van der Waals surface area contributed by atoms with Crippen LogP contribution in [0.1, 0.15) is 24.8 Å². The third-order valence-electron chi connectivity index (χ3n) is 2.83. The van der Waals surface area contributed by atoms with Gasteiger partial charge < -0.3 is 5.11 Å². The summed E-state index contributed by atoms with van der Waals surface area (Å²) in [5, 5.41) is 12.9. The number of carboxylic acid groups (broad SMARTS) is 1. The molecule has 0 saturated carbocycles. The number of aliphatic carboxylic acids is 1. The molecule has 17 heavy (non-hydrogen) atoms. The summed E-state index contributed by atoms with van der Waals surface area (Å²) < 4.78 is -0.335. The minimum absolute atomic E-state index is 0.0233. The zero-order chi connectivity index (χ0) is 12.6. The molecule has 2 atom stereocenters. The molecule has 0 bridgehead atoms. The van der Waals surface area contributed by atoms with Gasteiger partial charge in [0.15, 0.2) is 0 Å². The van der Waals surface area contributed by atoms with E-state index in [1.807, 2.05) is 38.1 Å². The Labute approximate surface area is 110 Å². The summed E-state index contributed by atoms with van der Waals surface area (Å²) in [5.74, 6) is -0.813. The first kappa shape index (κ1) is 12.7. The number of benzene rings is 1. The molecule has 3 nitrogen and oxygen atoms in total. The summed E-state index contributed by atoms with van der Waals surface area (Å²) >= 11 is 7.56. The minimum Gasteiger partial charge on any atom is -0.480 e. The van der Waals surface area contributed by atoms with Crippen molar-refractivity contribution >= 4 is 29.3 Å². The van der Waals surface area contributed by atoms with E-state index in [1.165, 1.54) is 0 Å². The molecule has 0 aromatic heterocycles. The Morgan fingerprint density at radius 3 is 2.76 bits per heavy atom. The first-order valence-electron chi connectivity index (χ1n) is 5.32. The molecule has 0 radical (unpaired) electrons. The van der Waals surface area contributed by atoms with Gasteiger partial charge in [0.25, 0.3) is 0 Å². The Kier molecular flexibility index (Phi) is 3.39. The number of carboxylic acids is 1. The van der Waals surface area contributed by atoms with Gasteiger partial charge in [-0.1, -0.05) is 23.7 Å². The standard InChI is InChI=1S/C12H14ClNO2S/c1-12(2)9(11(15)16)14-10(17-12)7-4-3-5-8(13)6-7/h3-6,9-10,14H,1-2H3,(H,15,16)/t9-,10?/m0/s1. The number of rotatable bonds is 2. The van der Waals surface area contributed by atoms with Gasteiger partial charge in [-0.25, -0.2) is 0 Å². The van der Waals surface area contributed by atoms with E-state index in [0.29, 0.717) is 5.02 Å². The van der Waals surface area contributed by atoms with Crippen LogP contribution in [0.4, 0.5) is 0 Å². The highest BCUT2D eigenvalue weighted by atomic mass is 35.5. The van der Waals surface area contributed by atoms with Crippen molar-refractivity contribution in [1.29, 1.82) is 0 Å². The lowest BCUT2D eigenvalue weighted by Gasteiger charge is -2.20. The summed E-state index contributed by atoms with van der Waals surface area (Å²) in [7, 11) is 0. The first-order valence-corrected chi connectivity index (χ1v) is 6.58. The largest absolute Gasteiger partial charge is 0.480 e. The van der Waals surface area contributed by atoms with Gasteiger partial charge >= 0.3 is 5.97 Å². The summed E-state index contributed by atoms with van der Waals surface area (Å²) in [6.45, 7) is 3.88. The van der Waals surface area contributed by atoms with Crippen LogP contribution in [0, 0.1) is 0 Å². The van der Waals surface area contributed by atoms with Crippen molar-refractivity contribution in [3.63, 3.8) is 0 Å². The molecule has 1 aliphatic rings. The molecule has 2 rings (SSSR count). The van der Waals surface area contributed by atoms with Crippen molar-refractivity contribution in [3.05, 3.63) is 34.9 Å². The predicted molar refractivity (Wildman–Crippen MR) is 70.4 cm³/mol. The van der Waals surface area contributed by atoms with E-state index in [4.69, 9.17) is 16.7 Å². The van der Waals surface area contributed by atoms with Crippen molar-refractivity contribution in [2.24, 2.45) is 0 Å². The normalized spacial score (nSPS) is 27.0. The van der Waals surface area contributed by atoms with E-state index in [1.54, 1.807) is 11.8 Å². The van der Waals surface area contributed by atoms with E-state index in [0.717, 1.165) is 5.56 Å². The topological polar surface area (TPSA) is 49.3 Å². The lowest BCUT2D eigenvalue weighted by atomic mass is 10.0. The maximum atomic E-state index is 11.2. The van der Waals surface area contributed by atoms with E-state index in [9.17, 15) is 4.79 Å². The number of thioether (sulfide) groups is 1. The quantitative estimate of drug-likeness (QED) is 0.868. The third-order valence-corrected chi connectivity index (χ3v) is 4.56. The molecule has 5 heteroatoms.